The zero-order valence-corrected chi connectivity index (χ0v) is 9.67. The predicted molar refractivity (Wildman–Crippen MR) is 60.8 cm³/mol. The Kier molecular flexibility index (Phi) is 3.33. The monoisotopic (exact) mass is 221 g/mol. The van der Waals surface area contributed by atoms with Crippen LogP contribution in [-0.4, -0.2) is 29.6 Å². The highest BCUT2D eigenvalue weighted by molar-refractivity contribution is 5.75. The van der Waals surface area contributed by atoms with Gasteiger partial charge in [0.05, 0.1) is 6.07 Å². The maximum absolute atomic E-state index is 11.9. The van der Waals surface area contributed by atoms with Gasteiger partial charge in [0.15, 0.2) is 0 Å². The molecule has 1 saturated heterocycles. The number of nitrogens with zero attached hydrogens (tertiary/aromatic N) is 2. The van der Waals surface area contributed by atoms with Crippen LogP contribution >= 0.6 is 0 Å². The highest BCUT2D eigenvalue weighted by Gasteiger charge is 2.35. The van der Waals surface area contributed by atoms with Crippen molar-refractivity contribution in [1.29, 1.82) is 5.26 Å². The number of likely N-dealkylation sites (tertiary alicyclic amines) is 1. The van der Waals surface area contributed by atoms with Gasteiger partial charge < -0.3 is 10.2 Å². The van der Waals surface area contributed by atoms with Gasteiger partial charge in [-0.2, -0.15) is 5.26 Å². The van der Waals surface area contributed by atoms with E-state index in [1.165, 1.54) is 6.42 Å². The van der Waals surface area contributed by atoms with Crippen LogP contribution in [0, 0.1) is 11.3 Å². The summed E-state index contributed by atoms with van der Waals surface area (Å²) in [6.07, 6.45) is 7.08. The molecule has 1 saturated carbocycles. The molecule has 2 rings (SSSR count). The summed E-state index contributed by atoms with van der Waals surface area (Å²) < 4.78 is 0. The van der Waals surface area contributed by atoms with Crippen molar-refractivity contribution in [3.8, 4) is 6.07 Å². The Labute approximate surface area is 96.6 Å². The fraction of sp³-hybridized carbons (Fsp3) is 0.833. The molecule has 2 fully saturated rings. The molecule has 2 amide bonds. The van der Waals surface area contributed by atoms with Crippen LogP contribution in [0.1, 0.15) is 44.9 Å². The molecule has 0 atom stereocenters. The largest absolute Gasteiger partial charge is 0.325 e. The van der Waals surface area contributed by atoms with Gasteiger partial charge in [-0.15, -0.1) is 0 Å². The molecule has 0 unspecified atom stereocenters. The second kappa shape index (κ2) is 4.73. The molecule has 0 aromatic carbocycles. The van der Waals surface area contributed by atoms with Gasteiger partial charge in [0.2, 0.25) is 0 Å². The van der Waals surface area contributed by atoms with Crippen molar-refractivity contribution in [3.05, 3.63) is 0 Å². The number of hydrogen-bond acceptors (Lipinski definition) is 2. The summed E-state index contributed by atoms with van der Waals surface area (Å²) in [6.45, 7) is 1.68. The Morgan fingerprint density at radius 2 is 1.75 bits per heavy atom. The third-order valence-corrected chi connectivity index (χ3v) is 3.66. The van der Waals surface area contributed by atoms with Gasteiger partial charge in [-0.05, 0) is 25.7 Å². The number of carbonyl (C=O) groups is 1. The number of amides is 2. The summed E-state index contributed by atoms with van der Waals surface area (Å²) in [5.74, 6) is 0. The standard InChI is InChI=1S/C12H19N3O/c13-10-12(6-2-1-3-7-12)14-11(16)15-8-4-5-9-15/h1-9H2,(H,14,16). The van der Waals surface area contributed by atoms with E-state index in [4.69, 9.17) is 0 Å². The van der Waals surface area contributed by atoms with Crippen LogP contribution in [0.5, 0.6) is 0 Å². The van der Waals surface area contributed by atoms with E-state index in [2.05, 4.69) is 11.4 Å². The van der Waals surface area contributed by atoms with Gasteiger partial charge in [0.25, 0.3) is 0 Å². The molecule has 1 aliphatic carbocycles. The topological polar surface area (TPSA) is 56.1 Å². The highest BCUT2D eigenvalue weighted by atomic mass is 16.2. The molecule has 0 spiro atoms. The van der Waals surface area contributed by atoms with Gasteiger partial charge in [-0.25, -0.2) is 4.79 Å². The third-order valence-electron chi connectivity index (χ3n) is 3.66. The average molecular weight is 221 g/mol. The summed E-state index contributed by atoms with van der Waals surface area (Å²) in [5, 5.41) is 12.2. The zero-order valence-electron chi connectivity index (χ0n) is 9.67. The average Bonchev–Trinajstić information content (AvgIpc) is 2.84. The summed E-state index contributed by atoms with van der Waals surface area (Å²) >= 11 is 0. The fourth-order valence-electron chi connectivity index (χ4n) is 2.62. The number of hydrogen-bond donors (Lipinski definition) is 1. The molecule has 2 aliphatic rings. The molecule has 88 valence electrons. The van der Waals surface area contributed by atoms with E-state index in [1.54, 1.807) is 0 Å². The van der Waals surface area contributed by atoms with Gasteiger partial charge >= 0.3 is 6.03 Å². The third kappa shape index (κ3) is 2.29. The van der Waals surface area contributed by atoms with Crippen LogP contribution in [0.3, 0.4) is 0 Å². The number of nitriles is 1. The lowest BCUT2D eigenvalue weighted by Gasteiger charge is -2.33. The fourth-order valence-corrected chi connectivity index (χ4v) is 2.62. The van der Waals surface area contributed by atoms with E-state index in [0.29, 0.717) is 0 Å². The van der Waals surface area contributed by atoms with Crippen molar-refractivity contribution in [2.24, 2.45) is 0 Å². The van der Waals surface area contributed by atoms with Crippen molar-refractivity contribution < 1.29 is 4.79 Å². The maximum Gasteiger partial charge on any atom is 0.318 e. The highest BCUT2D eigenvalue weighted by Crippen LogP contribution is 2.27. The minimum atomic E-state index is -0.585. The molecular weight excluding hydrogens is 202 g/mol. The normalized spacial score (nSPS) is 23.8. The van der Waals surface area contributed by atoms with E-state index in [9.17, 15) is 10.1 Å². The minimum Gasteiger partial charge on any atom is -0.325 e. The van der Waals surface area contributed by atoms with Gasteiger partial charge in [0, 0.05) is 13.1 Å². The summed E-state index contributed by atoms with van der Waals surface area (Å²) in [4.78, 5) is 13.8. The molecule has 0 aromatic heterocycles. The molecule has 1 aliphatic heterocycles. The number of nitrogens with one attached hydrogen (secondary N) is 1. The summed E-state index contributed by atoms with van der Waals surface area (Å²) in [6, 6.07) is 2.27. The second-order valence-corrected chi connectivity index (χ2v) is 4.88. The van der Waals surface area contributed by atoms with E-state index in [0.717, 1.165) is 51.6 Å². The first-order valence-corrected chi connectivity index (χ1v) is 6.24. The zero-order chi connectivity index (χ0) is 11.4. The molecule has 0 bridgehead atoms. The molecule has 16 heavy (non-hydrogen) atoms. The molecular formula is C12H19N3O. The van der Waals surface area contributed by atoms with Crippen molar-refractivity contribution in [3.63, 3.8) is 0 Å². The molecule has 0 aromatic rings. The molecule has 4 heteroatoms. The SMILES string of the molecule is N#CC1(NC(=O)N2CCCC2)CCCCC1. The molecule has 1 N–H and O–H groups in total. The summed E-state index contributed by atoms with van der Waals surface area (Å²) in [7, 11) is 0. The lowest BCUT2D eigenvalue weighted by molar-refractivity contribution is 0.191. The Balaban J connectivity index is 1.95. The lowest BCUT2D eigenvalue weighted by Crippen LogP contribution is -2.52. The van der Waals surface area contributed by atoms with Crippen molar-refractivity contribution in [1.82, 2.24) is 10.2 Å². The van der Waals surface area contributed by atoms with Gasteiger partial charge in [-0.1, -0.05) is 19.3 Å². The first-order chi connectivity index (χ1) is 7.76. The smallest absolute Gasteiger partial charge is 0.318 e. The van der Waals surface area contributed by atoms with Crippen LogP contribution < -0.4 is 5.32 Å². The van der Waals surface area contributed by atoms with Crippen molar-refractivity contribution in [2.75, 3.05) is 13.1 Å². The van der Waals surface area contributed by atoms with Crippen molar-refractivity contribution >= 4 is 6.03 Å². The Morgan fingerprint density at radius 1 is 1.12 bits per heavy atom. The van der Waals surface area contributed by atoms with Crippen LogP contribution in [0.2, 0.25) is 0 Å². The first-order valence-electron chi connectivity index (χ1n) is 6.24. The Bertz CT molecular complexity index is 296. The molecule has 0 radical (unpaired) electrons. The Hall–Kier alpha value is -1.24. The second-order valence-electron chi connectivity index (χ2n) is 4.88. The minimum absolute atomic E-state index is 0.0408. The van der Waals surface area contributed by atoms with Crippen LogP contribution in [-0.2, 0) is 0 Å². The van der Waals surface area contributed by atoms with E-state index in [1.807, 2.05) is 4.90 Å². The number of carbonyl (C=O) groups excluding carboxylic acids is 1. The molecule has 4 nitrogen and oxygen atoms in total. The maximum atomic E-state index is 11.9. The van der Waals surface area contributed by atoms with Crippen LogP contribution in [0.15, 0.2) is 0 Å². The van der Waals surface area contributed by atoms with E-state index >= 15 is 0 Å². The van der Waals surface area contributed by atoms with Crippen molar-refractivity contribution in [2.45, 2.75) is 50.5 Å². The summed E-state index contributed by atoms with van der Waals surface area (Å²) in [5.41, 5.74) is -0.585. The van der Waals surface area contributed by atoms with Crippen LogP contribution in [0.25, 0.3) is 0 Å². The number of rotatable bonds is 1. The molecule has 1 heterocycles. The quantitative estimate of drug-likeness (QED) is 0.736. The van der Waals surface area contributed by atoms with E-state index < -0.39 is 5.54 Å². The predicted octanol–water partition coefficient (Wildman–Crippen LogP) is 2.02. The Morgan fingerprint density at radius 3 is 2.31 bits per heavy atom. The van der Waals surface area contributed by atoms with Crippen LogP contribution in [0.4, 0.5) is 4.79 Å². The first kappa shape index (κ1) is 11.3. The lowest BCUT2D eigenvalue weighted by atomic mass is 9.83. The van der Waals surface area contributed by atoms with E-state index in [-0.39, 0.29) is 6.03 Å². The number of urea groups is 1. The van der Waals surface area contributed by atoms with Gasteiger partial charge in [0.1, 0.15) is 5.54 Å². The van der Waals surface area contributed by atoms with Gasteiger partial charge in [-0.3, -0.25) is 0 Å².